The topological polar surface area (TPSA) is 81.1 Å². The second-order valence-electron chi connectivity index (χ2n) is 5.77. The molecule has 2 atom stereocenters. The summed E-state index contributed by atoms with van der Waals surface area (Å²) in [5, 5.41) is 9.60. The molecular weight excluding hydrogens is 332 g/mol. The second kappa shape index (κ2) is 7.04. The number of nitrogens with one attached hydrogen (secondary N) is 2. The van der Waals surface area contributed by atoms with Gasteiger partial charge in [-0.2, -0.15) is 4.98 Å². The number of aromatic nitrogens is 3. The highest BCUT2D eigenvalue weighted by molar-refractivity contribution is 6.02. The van der Waals surface area contributed by atoms with Crippen LogP contribution in [-0.4, -0.2) is 39.7 Å². The SMILES string of the molecule is CCOc1ccccc1NC(=O)c1nc2n(n1)[C@H](C(F)F)C[C@@H](C)N2. The van der Waals surface area contributed by atoms with Crippen LogP contribution in [0.5, 0.6) is 5.75 Å². The number of halogens is 2. The lowest BCUT2D eigenvalue weighted by Crippen LogP contribution is -2.33. The number of anilines is 2. The summed E-state index contributed by atoms with van der Waals surface area (Å²) in [4.78, 5) is 16.5. The van der Waals surface area contributed by atoms with Crippen LogP contribution in [0.3, 0.4) is 0 Å². The molecule has 1 amide bonds. The maximum Gasteiger partial charge on any atom is 0.295 e. The Morgan fingerprint density at radius 2 is 2.24 bits per heavy atom. The van der Waals surface area contributed by atoms with E-state index in [9.17, 15) is 13.6 Å². The van der Waals surface area contributed by atoms with E-state index in [2.05, 4.69) is 20.7 Å². The van der Waals surface area contributed by atoms with E-state index in [1.54, 1.807) is 31.2 Å². The zero-order valence-electron chi connectivity index (χ0n) is 13.9. The minimum atomic E-state index is -2.58. The Hall–Kier alpha value is -2.71. The number of para-hydroxylation sites is 2. The fourth-order valence-electron chi connectivity index (χ4n) is 2.73. The molecule has 7 nitrogen and oxygen atoms in total. The van der Waals surface area contributed by atoms with Gasteiger partial charge in [0.15, 0.2) is 0 Å². The first-order chi connectivity index (χ1) is 12.0. The summed E-state index contributed by atoms with van der Waals surface area (Å²) in [6, 6.07) is 5.66. The van der Waals surface area contributed by atoms with Crippen LogP contribution in [0.1, 0.15) is 36.9 Å². The normalized spacial score (nSPS) is 19.2. The molecule has 134 valence electrons. The van der Waals surface area contributed by atoms with Crippen LogP contribution in [0.25, 0.3) is 0 Å². The highest BCUT2D eigenvalue weighted by atomic mass is 19.3. The Morgan fingerprint density at radius 1 is 1.48 bits per heavy atom. The summed E-state index contributed by atoms with van der Waals surface area (Å²) in [7, 11) is 0. The van der Waals surface area contributed by atoms with Crippen LogP contribution in [0.2, 0.25) is 0 Å². The number of rotatable bonds is 5. The van der Waals surface area contributed by atoms with Gasteiger partial charge in [0, 0.05) is 6.04 Å². The molecular formula is C16H19F2N5O2. The summed E-state index contributed by atoms with van der Waals surface area (Å²) in [6.07, 6.45) is -2.37. The van der Waals surface area contributed by atoms with Gasteiger partial charge in [0.05, 0.1) is 12.3 Å². The number of nitrogens with zero attached hydrogens (tertiary/aromatic N) is 3. The van der Waals surface area contributed by atoms with Crippen molar-refractivity contribution in [1.82, 2.24) is 14.8 Å². The Labute approximate surface area is 143 Å². The molecule has 1 aromatic carbocycles. The molecule has 3 rings (SSSR count). The summed E-state index contributed by atoms with van der Waals surface area (Å²) in [5.41, 5.74) is 0.467. The lowest BCUT2D eigenvalue weighted by molar-refractivity contribution is 0.0662. The zero-order chi connectivity index (χ0) is 18.0. The molecule has 1 aromatic heterocycles. The molecule has 0 saturated carbocycles. The van der Waals surface area contributed by atoms with E-state index in [4.69, 9.17) is 4.74 Å². The molecule has 0 spiro atoms. The molecule has 0 fully saturated rings. The first-order valence-electron chi connectivity index (χ1n) is 8.04. The second-order valence-corrected chi connectivity index (χ2v) is 5.77. The highest BCUT2D eigenvalue weighted by Crippen LogP contribution is 2.30. The van der Waals surface area contributed by atoms with Crippen LogP contribution in [0.15, 0.2) is 24.3 Å². The fraction of sp³-hybridized carbons (Fsp3) is 0.438. The van der Waals surface area contributed by atoms with E-state index in [1.807, 2.05) is 6.92 Å². The number of carbonyl (C=O) groups excluding carboxylic acids is 1. The predicted octanol–water partition coefficient (Wildman–Crippen LogP) is 2.94. The number of fused-ring (bicyclic) bond motifs is 1. The number of alkyl halides is 2. The van der Waals surface area contributed by atoms with E-state index in [0.29, 0.717) is 18.0 Å². The summed E-state index contributed by atoms with van der Waals surface area (Å²) in [6.45, 7) is 4.06. The van der Waals surface area contributed by atoms with Gasteiger partial charge >= 0.3 is 0 Å². The van der Waals surface area contributed by atoms with E-state index in [0.717, 1.165) is 4.68 Å². The van der Waals surface area contributed by atoms with Crippen molar-refractivity contribution in [1.29, 1.82) is 0 Å². The minimum Gasteiger partial charge on any atom is -0.492 e. The number of ether oxygens (including phenoxy) is 1. The Balaban J connectivity index is 1.84. The van der Waals surface area contributed by atoms with E-state index in [-0.39, 0.29) is 24.2 Å². The molecule has 9 heteroatoms. The van der Waals surface area contributed by atoms with Gasteiger partial charge in [-0.3, -0.25) is 4.79 Å². The van der Waals surface area contributed by atoms with Crippen molar-refractivity contribution in [3.63, 3.8) is 0 Å². The minimum absolute atomic E-state index is 0.173. The maximum absolute atomic E-state index is 13.2. The Bertz CT molecular complexity index is 765. The van der Waals surface area contributed by atoms with E-state index in [1.165, 1.54) is 0 Å². The van der Waals surface area contributed by atoms with Gasteiger partial charge in [-0.15, -0.1) is 5.10 Å². The van der Waals surface area contributed by atoms with Crippen LogP contribution in [0.4, 0.5) is 20.4 Å². The lowest BCUT2D eigenvalue weighted by Gasteiger charge is -2.28. The van der Waals surface area contributed by atoms with Crippen LogP contribution in [0, 0.1) is 0 Å². The van der Waals surface area contributed by atoms with Crippen LogP contribution < -0.4 is 15.4 Å². The summed E-state index contributed by atoms with van der Waals surface area (Å²) >= 11 is 0. The van der Waals surface area contributed by atoms with Gasteiger partial charge < -0.3 is 15.4 Å². The third kappa shape index (κ3) is 3.54. The van der Waals surface area contributed by atoms with Gasteiger partial charge in [-0.25, -0.2) is 13.5 Å². The molecule has 0 aliphatic carbocycles. The maximum atomic E-state index is 13.2. The first-order valence-corrected chi connectivity index (χ1v) is 8.04. The number of amides is 1. The van der Waals surface area contributed by atoms with Gasteiger partial charge in [0.2, 0.25) is 11.8 Å². The van der Waals surface area contributed by atoms with E-state index >= 15 is 0 Å². The number of hydrogen-bond acceptors (Lipinski definition) is 5. The smallest absolute Gasteiger partial charge is 0.295 e. The van der Waals surface area contributed by atoms with Crippen LogP contribution in [-0.2, 0) is 0 Å². The molecule has 25 heavy (non-hydrogen) atoms. The zero-order valence-corrected chi connectivity index (χ0v) is 13.9. The molecule has 2 heterocycles. The van der Waals surface area contributed by atoms with Gasteiger partial charge in [-0.1, -0.05) is 12.1 Å². The van der Waals surface area contributed by atoms with Crippen LogP contribution >= 0.6 is 0 Å². The Kier molecular flexibility index (Phi) is 4.82. The lowest BCUT2D eigenvalue weighted by atomic mass is 10.1. The van der Waals surface area contributed by atoms with Crippen molar-refractivity contribution in [2.24, 2.45) is 0 Å². The van der Waals surface area contributed by atoms with Crippen molar-refractivity contribution in [2.45, 2.75) is 38.8 Å². The molecule has 0 saturated heterocycles. The van der Waals surface area contributed by atoms with Gasteiger partial charge in [-0.05, 0) is 32.4 Å². The van der Waals surface area contributed by atoms with Crippen molar-refractivity contribution >= 4 is 17.5 Å². The van der Waals surface area contributed by atoms with E-state index < -0.39 is 18.4 Å². The number of benzene rings is 1. The molecule has 1 aliphatic rings. The van der Waals surface area contributed by atoms with Crippen molar-refractivity contribution in [3.8, 4) is 5.75 Å². The molecule has 0 bridgehead atoms. The van der Waals surface area contributed by atoms with Gasteiger partial charge in [0.25, 0.3) is 12.3 Å². The number of hydrogen-bond donors (Lipinski definition) is 2. The third-order valence-corrected chi connectivity index (χ3v) is 3.85. The van der Waals surface area contributed by atoms with Crippen molar-refractivity contribution < 1.29 is 18.3 Å². The summed E-state index contributed by atoms with van der Waals surface area (Å²) in [5.74, 6) is -0.0723. The van der Waals surface area contributed by atoms with Crippen molar-refractivity contribution in [3.05, 3.63) is 30.1 Å². The third-order valence-electron chi connectivity index (χ3n) is 3.85. The highest BCUT2D eigenvalue weighted by Gasteiger charge is 2.34. The Morgan fingerprint density at radius 3 is 2.96 bits per heavy atom. The monoisotopic (exact) mass is 351 g/mol. The molecule has 0 unspecified atom stereocenters. The molecule has 2 aromatic rings. The fourth-order valence-corrected chi connectivity index (χ4v) is 2.73. The molecule has 1 aliphatic heterocycles. The average molecular weight is 351 g/mol. The average Bonchev–Trinajstić information content (AvgIpc) is 2.99. The summed E-state index contributed by atoms with van der Waals surface area (Å²) < 4.78 is 33.0. The predicted molar refractivity (Wildman–Crippen MR) is 88.3 cm³/mol. The van der Waals surface area contributed by atoms with Crippen molar-refractivity contribution in [2.75, 3.05) is 17.2 Å². The molecule has 0 radical (unpaired) electrons. The first kappa shape index (κ1) is 17.1. The molecule has 2 N–H and O–H groups in total. The largest absolute Gasteiger partial charge is 0.492 e. The quantitative estimate of drug-likeness (QED) is 0.866. The number of carbonyl (C=O) groups is 1. The standard InChI is InChI=1S/C16H19F2N5O2/c1-3-25-12-7-5-4-6-10(12)20-15(24)14-21-16-19-9(2)8-11(13(17)18)23(16)22-14/h4-7,9,11,13H,3,8H2,1-2H3,(H,20,24)(H,19,21,22)/t9-,11+/m1/s1. The van der Waals surface area contributed by atoms with Gasteiger partial charge in [0.1, 0.15) is 11.8 Å².